The maximum atomic E-state index is 13.4. The van der Waals surface area contributed by atoms with Crippen molar-refractivity contribution in [3.8, 4) is 0 Å². The summed E-state index contributed by atoms with van der Waals surface area (Å²) in [4.78, 5) is 55.3. The summed E-state index contributed by atoms with van der Waals surface area (Å²) in [6.45, 7) is 14.9. The lowest BCUT2D eigenvalue weighted by Gasteiger charge is -2.30. The van der Waals surface area contributed by atoms with Crippen LogP contribution >= 0.6 is 0 Å². The normalized spacial score (nSPS) is 14.9. The molecule has 68 heavy (non-hydrogen) atoms. The van der Waals surface area contributed by atoms with Gasteiger partial charge in [0, 0.05) is 66.1 Å². The lowest BCUT2D eigenvalue weighted by Crippen LogP contribution is -2.29. The van der Waals surface area contributed by atoms with E-state index in [9.17, 15) is 36.3 Å². The van der Waals surface area contributed by atoms with E-state index in [1.807, 2.05) is 39.0 Å². The molecule has 2 aromatic heterocycles. The third-order valence-corrected chi connectivity index (χ3v) is 16.5. The van der Waals surface area contributed by atoms with E-state index in [2.05, 4.69) is 32.3 Å². The number of aliphatic carboxylic acids is 1. The van der Waals surface area contributed by atoms with Crippen molar-refractivity contribution in [2.75, 3.05) is 0 Å². The van der Waals surface area contributed by atoms with E-state index in [0.29, 0.717) is 53.0 Å². The van der Waals surface area contributed by atoms with Gasteiger partial charge in [0.2, 0.25) is 19.7 Å². The van der Waals surface area contributed by atoms with Crippen molar-refractivity contribution >= 4 is 43.4 Å². The zero-order valence-corrected chi connectivity index (χ0v) is 41.2. The van der Waals surface area contributed by atoms with Crippen LogP contribution in [0.3, 0.4) is 0 Å². The number of rotatable bonds is 12. The Morgan fingerprint density at radius 2 is 0.941 bits per heavy atom. The first-order valence-electron chi connectivity index (χ1n) is 22.5. The van der Waals surface area contributed by atoms with Crippen molar-refractivity contribution in [2.24, 2.45) is 10.8 Å². The monoisotopic (exact) mass is 958 g/mol. The molecule has 0 amide bonds. The fourth-order valence-electron chi connectivity index (χ4n) is 9.78. The number of hydrogen-bond donors (Lipinski definition) is 1. The number of carbonyl (C=O) groups excluding carboxylic acids is 4. The number of hydrogen-bond acceptors (Lipinski definition) is 9. The molecule has 0 spiro atoms. The van der Waals surface area contributed by atoms with Crippen LogP contribution in [-0.4, -0.2) is 54.8 Å². The molecule has 2 aliphatic carbocycles. The molecule has 0 atom stereocenters. The van der Waals surface area contributed by atoms with Gasteiger partial charge >= 0.3 is 12.1 Å². The van der Waals surface area contributed by atoms with Gasteiger partial charge in [-0.25, -0.2) is 16.8 Å². The summed E-state index contributed by atoms with van der Waals surface area (Å²) in [5.41, 5.74) is 7.66. The molecule has 356 valence electrons. The molecule has 0 fully saturated rings. The van der Waals surface area contributed by atoms with Crippen LogP contribution in [0.5, 0.6) is 0 Å². The fraction of sp³-hybridized carbons (Fsp3) is 0.333. The highest BCUT2D eigenvalue weighted by Gasteiger charge is 2.39. The third kappa shape index (κ3) is 10.6. The minimum atomic E-state index is -3.75. The predicted molar refractivity (Wildman–Crippen MR) is 256 cm³/mol. The fourth-order valence-corrected chi connectivity index (χ4v) is 12.8. The Bertz CT molecular complexity index is 3140. The largest absolute Gasteiger partial charge is 0.480 e. The van der Waals surface area contributed by atoms with Crippen LogP contribution in [0.1, 0.15) is 120 Å². The van der Waals surface area contributed by atoms with Crippen molar-refractivity contribution in [1.29, 1.82) is 0 Å². The number of nitrogens with zero attached hydrogens (tertiary/aromatic N) is 2. The molecule has 0 radical (unpaired) electrons. The number of carboxylic acid groups (broad SMARTS) is 1. The van der Waals surface area contributed by atoms with E-state index in [0.717, 1.165) is 53.2 Å². The first kappa shape index (κ1) is 50.9. The summed E-state index contributed by atoms with van der Waals surface area (Å²) in [5.74, 6) is -0.829. The SMILES string of the molecule is CCCn1c(C)c(Cc2ccccc2S(=O)(=O)c2ccccc2)c2c1CC(C)(C)CC2=O.Cc1c(Cc2ccccc2S(=O)(=O)c2ccccc2)c2c(n1CC(=O)O)CC(C)(C)CC2=O.O=C=O. The highest BCUT2D eigenvalue weighted by Crippen LogP contribution is 2.42. The Morgan fingerprint density at radius 3 is 1.32 bits per heavy atom. The quantitative estimate of drug-likeness (QED) is 0.124. The third-order valence-electron chi connectivity index (χ3n) is 12.7. The zero-order chi connectivity index (χ0) is 49.8. The number of carboxylic acids is 1. The number of sulfone groups is 2. The maximum absolute atomic E-state index is 13.4. The number of benzene rings is 4. The van der Waals surface area contributed by atoms with E-state index < -0.39 is 25.6 Å². The molecule has 2 heterocycles. The summed E-state index contributed by atoms with van der Waals surface area (Å²) in [6.07, 6.45) is 4.23. The van der Waals surface area contributed by atoms with Gasteiger partial charge in [-0.15, -0.1) is 0 Å². The molecule has 0 saturated carbocycles. The van der Waals surface area contributed by atoms with E-state index in [4.69, 9.17) is 9.59 Å². The Kier molecular flexibility index (Phi) is 15.3. The topological polar surface area (TPSA) is 184 Å². The molecule has 8 rings (SSSR count). The predicted octanol–water partition coefficient (Wildman–Crippen LogP) is 9.66. The van der Waals surface area contributed by atoms with Crippen LogP contribution in [0.4, 0.5) is 0 Å². The minimum Gasteiger partial charge on any atom is -0.480 e. The highest BCUT2D eigenvalue weighted by atomic mass is 32.2. The minimum absolute atomic E-state index is 0.0214. The molecule has 6 aromatic rings. The van der Waals surface area contributed by atoms with Crippen LogP contribution in [0.15, 0.2) is 129 Å². The number of fused-ring (bicyclic) bond motifs is 2. The highest BCUT2D eigenvalue weighted by molar-refractivity contribution is 7.91. The number of carbonyl (C=O) groups is 3. The molecule has 0 aliphatic heterocycles. The maximum Gasteiger partial charge on any atom is 0.373 e. The molecule has 4 aromatic carbocycles. The average Bonchev–Trinajstić information content (AvgIpc) is 3.68. The van der Waals surface area contributed by atoms with Crippen LogP contribution in [0.25, 0.3) is 0 Å². The lowest BCUT2D eigenvalue weighted by molar-refractivity contribution is -0.191. The smallest absolute Gasteiger partial charge is 0.373 e. The van der Waals surface area contributed by atoms with Crippen molar-refractivity contribution < 1.29 is 45.9 Å². The lowest BCUT2D eigenvalue weighted by atomic mass is 9.75. The van der Waals surface area contributed by atoms with Gasteiger partial charge in [-0.3, -0.25) is 14.4 Å². The zero-order valence-electron chi connectivity index (χ0n) is 39.6. The second kappa shape index (κ2) is 20.4. The molecule has 14 heteroatoms. The molecule has 2 aliphatic rings. The van der Waals surface area contributed by atoms with Gasteiger partial charge in [0.15, 0.2) is 11.6 Å². The first-order valence-corrected chi connectivity index (χ1v) is 25.5. The number of ketones is 2. The Hall–Kier alpha value is -6.47. The van der Waals surface area contributed by atoms with Gasteiger partial charge in [0.25, 0.3) is 0 Å². The first-order chi connectivity index (χ1) is 32.1. The number of aromatic nitrogens is 2. The van der Waals surface area contributed by atoms with Gasteiger partial charge in [-0.2, -0.15) is 9.59 Å². The molecule has 12 nitrogen and oxygen atoms in total. The van der Waals surface area contributed by atoms with E-state index in [1.165, 1.54) is 0 Å². The van der Waals surface area contributed by atoms with Crippen molar-refractivity contribution in [2.45, 2.75) is 126 Å². The van der Waals surface area contributed by atoms with Crippen LogP contribution < -0.4 is 0 Å². The molecule has 1 N–H and O–H groups in total. The van der Waals surface area contributed by atoms with Gasteiger partial charge in [-0.05, 0) is 103 Å². The Labute approximate surface area is 398 Å². The van der Waals surface area contributed by atoms with E-state index in [-0.39, 0.29) is 56.2 Å². The van der Waals surface area contributed by atoms with Crippen LogP contribution in [0.2, 0.25) is 0 Å². The van der Waals surface area contributed by atoms with Gasteiger partial charge in [0.1, 0.15) is 6.54 Å². The van der Waals surface area contributed by atoms with Crippen molar-refractivity contribution in [3.63, 3.8) is 0 Å². The van der Waals surface area contributed by atoms with Crippen LogP contribution in [0, 0.1) is 24.7 Å². The van der Waals surface area contributed by atoms with Gasteiger partial charge in [0.05, 0.1) is 19.6 Å². The van der Waals surface area contributed by atoms with E-state index in [1.54, 1.807) is 95.6 Å². The van der Waals surface area contributed by atoms with Crippen molar-refractivity contribution in [1.82, 2.24) is 9.13 Å². The second-order valence-corrected chi connectivity index (χ2v) is 22.9. The van der Waals surface area contributed by atoms with Gasteiger partial charge in [-0.1, -0.05) is 107 Å². The average molecular weight is 959 g/mol. The Morgan fingerprint density at radius 1 is 0.588 bits per heavy atom. The summed E-state index contributed by atoms with van der Waals surface area (Å²) in [5, 5.41) is 9.48. The van der Waals surface area contributed by atoms with Gasteiger partial charge < -0.3 is 14.2 Å². The summed E-state index contributed by atoms with van der Waals surface area (Å²) in [6, 6.07) is 30.8. The molecule has 0 bridgehead atoms. The Balaban J connectivity index is 0.000000212. The number of Topliss-reactive ketones (excluding diaryl/α,β-unsaturated/α-hetero) is 2. The standard InChI is InChI=1S/C27H31NO3S.C26H27NO5S.CO2/c1-5-15-28-19(2)22(26-23(28)17-27(3,4)18-24(26)29)16-20-11-9-10-14-25(20)32(30,31)21-12-7-6-8-13-21;1-17-20(25-21(27(17)16-24(29)30)14-26(2,3)15-22(25)28)13-18-9-7-8-12-23(18)33(31,32)19-10-5-4-6-11-19;2-1-3/h6-14H,5,15-18H2,1-4H3;4-12H,13-16H2,1-3H3,(H,29,30);. The summed E-state index contributed by atoms with van der Waals surface area (Å²) >= 11 is 0. The van der Waals surface area contributed by atoms with E-state index >= 15 is 0 Å². The molecule has 0 saturated heterocycles. The molecular weight excluding hydrogens is 901 g/mol. The van der Waals surface area contributed by atoms with Crippen molar-refractivity contribution in [3.05, 3.63) is 165 Å². The summed E-state index contributed by atoms with van der Waals surface area (Å²) in [7, 11) is -7.41. The summed E-state index contributed by atoms with van der Waals surface area (Å²) < 4.78 is 57.5. The van der Waals surface area contributed by atoms with Crippen LogP contribution in [-0.2, 0) is 72.8 Å². The molecule has 0 unspecified atom stereocenters. The molecular formula is C54H58N2O10S2. The second-order valence-electron chi connectivity index (χ2n) is 19.1.